The molecule has 0 unspecified atom stereocenters. The third kappa shape index (κ3) is 4.35. The molecular weight excluding hydrogens is 386 g/mol. The Morgan fingerprint density at radius 2 is 1.72 bits per heavy atom. The van der Waals surface area contributed by atoms with Gasteiger partial charge in [0, 0.05) is 6.07 Å². The summed E-state index contributed by atoms with van der Waals surface area (Å²) in [5, 5.41) is 19.7. The number of carbonyl (C=O) groups is 1. The quantitative estimate of drug-likeness (QED) is 0.496. The maximum absolute atomic E-state index is 12.6. The van der Waals surface area contributed by atoms with E-state index in [2.05, 4.69) is 25.9 Å². The number of hydrogen-bond donors (Lipinski definition) is 1. The Labute approximate surface area is 171 Å². The van der Waals surface area contributed by atoms with Crippen molar-refractivity contribution in [3.05, 3.63) is 71.9 Å². The molecular formula is C20H19N7OS. The highest BCUT2D eigenvalue weighted by Crippen LogP contribution is 2.20. The summed E-state index contributed by atoms with van der Waals surface area (Å²) in [6.07, 6.45) is 0. The van der Waals surface area contributed by atoms with Crippen molar-refractivity contribution in [3.8, 4) is 11.4 Å². The molecule has 0 saturated carbocycles. The predicted molar refractivity (Wildman–Crippen MR) is 112 cm³/mol. The van der Waals surface area contributed by atoms with Gasteiger partial charge < -0.3 is 5.32 Å². The largest absolute Gasteiger partial charge is 0.310 e. The van der Waals surface area contributed by atoms with Crippen molar-refractivity contribution in [3.63, 3.8) is 0 Å². The van der Waals surface area contributed by atoms with Gasteiger partial charge in [0.2, 0.25) is 11.1 Å². The fourth-order valence-corrected chi connectivity index (χ4v) is 3.47. The van der Waals surface area contributed by atoms with Crippen LogP contribution in [0.1, 0.15) is 11.3 Å². The number of carbonyl (C=O) groups excluding carboxylic acids is 1. The Morgan fingerprint density at radius 1 is 1.00 bits per heavy atom. The van der Waals surface area contributed by atoms with Gasteiger partial charge in [-0.3, -0.25) is 4.79 Å². The second-order valence-corrected chi connectivity index (χ2v) is 7.41. The maximum Gasteiger partial charge on any atom is 0.236 e. The molecule has 2 heterocycles. The number of aryl methyl sites for hydroxylation is 2. The van der Waals surface area contributed by atoms with E-state index in [-0.39, 0.29) is 11.7 Å². The zero-order valence-corrected chi connectivity index (χ0v) is 16.8. The molecule has 0 fully saturated rings. The third-order valence-corrected chi connectivity index (χ3v) is 5.07. The average Bonchev–Trinajstić information content (AvgIpc) is 3.34. The van der Waals surface area contributed by atoms with Crippen LogP contribution >= 0.6 is 11.8 Å². The maximum atomic E-state index is 12.6. The van der Waals surface area contributed by atoms with Crippen LogP contribution in [-0.2, 0) is 4.79 Å². The molecule has 4 aromatic rings. The normalized spacial score (nSPS) is 10.8. The zero-order chi connectivity index (χ0) is 20.2. The van der Waals surface area contributed by atoms with Gasteiger partial charge in [-0.2, -0.15) is 9.78 Å². The van der Waals surface area contributed by atoms with Gasteiger partial charge in [-0.05, 0) is 48.5 Å². The van der Waals surface area contributed by atoms with Crippen molar-refractivity contribution in [1.29, 1.82) is 0 Å². The Hall–Kier alpha value is -3.46. The van der Waals surface area contributed by atoms with Crippen molar-refractivity contribution in [2.75, 3.05) is 11.1 Å². The SMILES string of the molecule is Cc1ccc(-n2nc(C)cc2NC(=O)CSc2nnnn2-c2ccccc2)cc1. The van der Waals surface area contributed by atoms with Crippen LogP contribution in [0.5, 0.6) is 0 Å². The molecule has 0 saturated heterocycles. The number of rotatable bonds is 6. The summed E-state index contributed by atoms with van der Waals surface area (Å²) >= 11 is 1.27. The first-order valence-corrected chi connectivity index (χ1v) is 9.99. The fourth-order valence-electron chi connectivity index (χ4n) is 2.78. The second kappa shape index (κ2) is 8.27. The van der Waals surface area contributed by atoms with Crippen molar-refractivity contribution < 1.29 is 4.79 Å². The molecule has 0 spiro atoms. The molecule has 1 N–H and O–H groups in total. The highest BCUT2D eigenvalue weighted by Gasteiger charge is 2.14. The Balaban J connectivity index is 1.45. The second-order valence-electron chi connectivity index (χ2n) is 6.46. The number of amides is 1. The first-order valence-electron chi connectivity index (χ1n) is 9.00. The van der Waals surface area contributed by atoms with Crippen molar-refractivity contribution in [2.45, 2.75) is 19.0 Å². The number of nitrogens with zero attached hydrogens (tertiary/aromatic N) is 6. The Morgan fingerprint density at radius 3 is 2.48 bits per heavy atom. The lowest BCUT2D eigenvalue weighted by atomic mass is 10.2. The van der Waals surface area contributed by atoms with Gasteiger partial charge in [-0.1, -0.05) is 47.7 Å². The minimum Gasteiger partial charge on any atom is -0.310 e. The molecule has 146 valence electrons. The molecule has 0 aliphatic rings. The van der Waals surface area contributed by atoms with Gasteiger partial charge in [0.25, 0.3) is 0 Å². The van der Waals surface area contributed by atoms with E-state index in [1.807, 2.05) is 74.5 Å². The first-order chi connectivity index (χ1) is 14.1. The summed E-state index contributed by atoms with van der Waals surface area (Å²) in [6.45, 7) is 3.92. The van der Waals surface area contributed by atoms with Crippen LogP contribution < -0.4 is 5.32 Å². The minimum absolute atomic E-state index is 0.161. The van der Waals surface area contributed by atoms with Crippen LogP contribution in [0.2, 0.25) is 0 Å². The lowest BCUT2D eigenvalue weighted by Gasteiger charge is -2.09. The third-order valence-electron chi connectivity index (χ3n) is 4.15. The molecule has 8 nitrogen and oxygen atoms in total. The summed E-state index contributed by atoms with van der Waals surface area (Å²) in [6, 6.07) is 19.4. The Kier molecular flexibility index (Phi) is 5.39. The van der Waals surface area contributed by atoms with Crippen molar-refractivity contribution in [2.24, 2.45) is 0 Å². The number of hydrogen-bond acceptors (Lipinski definition) is 6. The zero-order valence-electron chi connectivity index (χ0n) is 16.0. The molecule has 0 aliphatic carbocycles. The monoisotopic (exact) mass is 405 g/mol. The molecule has 2 aromatic heterocycles. The summed E-state index contributed by atoms with van der Waals surface area (Å²) in [5.74, 6) is 0.635. The van der Waals surface area contributed by atoms with E-state index in [0.717, 1.165) is 22.6 Å². The van der Waals surface area contributed by atoms with Gasteiger partial charge in [-0.15, -0.1) is 5.10 Å². The van der Waals surface area contributed by atoms with Crippen LogP contribution in [0.25, 0.3) is 11.4 Å². The smallest absolute Gasteiger partial charge is 0.236 e. The molecule has 2 aromatic carbocycles. The van der Waals surface area contributed by atoms with Crippen LogP contribution in [0.4, 0.5) is 5.82 Å². The average molecular weight is 405 g/mol. The molecule has 0 aliphatic heterocycles. The van der Waals surface area contributed by atoms with Crippen molar-refractivity contribution in [1.82, 2.24) is 30.0 Å². The lowest BCUT2D eigenvalue weighted by Crippen LogP contribution is -2.17. The molecule has 0 atom stereocenters. The minimum atomic E-state index is -0.161. The van der Waals surface area contributed by atoms with Crippen LogP contribution in [-0.4, -0.2) is 41.6 Å². The number of para-hydroxylation sites is 1. The molecule has 0 radical (unpaired) electrons. The molecule has 1 amide bonds. The number of benzene rings is 2. The fraction of sp³-hybridized carbons (Fsp3) is 0.150. The number of aromatic nitrogens is 6. The molecule has 9 heteroatoms. The molecule has 0 bridgehead atoms. The number of thioether (sulfide) groups is 1. The lowest BCUT2D eigenvalue weighted by molar-refractivity contribution is -0.113. The van der Waals surface area contributed by atoms with E-state index in [9.17, 15) is 4.79 Å². The van der Waals surface area contributed by atoms with Gasteiger partial charge in [-0.25, -0.2) is 4.68 Å². The van der Waals surface area contributed by atoms with E-state index in [4.69, 9.17) is 0 Å². The predicted octanol–water partition coefficient (Wildman–Crippen LogP) is 3.20. The summed E-state index contributed by atoms with van der Waals surface area (Å²) in [7, 11) is 0. The van der Waals surface area contributed by atoms with Crippen LogP contribution in [0, 0.1) is 13.8 Å². The summed E-state index contributed by atoms with van der Waals surface area (Å²) in [4.78, 5) is 12.6. The van der Waals surface area contributed by atoms with E-state index < -0.39 is 0 Å². The van der Waals surface area contributed by atoms with Crippen LogP contribution in [0.15, 0.2) is 65.8 Å². The number of nitrogens with one attached hydrogen (secondary N) is 1. The van der Waals surface area contributed by atoms with Crippen LogP contribution in [0.3, 0.4) is 0 Å². The van der Waals surface area contributed by atoms with Gasteiger partial charge in [0.1, 0.15) is 5.82 Å². The van der Waals surface area contributed by atoms with Gasteiger partial charge in [0.05, 0.1) is 22.8 Å². The summed E-state index contributed by atoms with van der Waals surface area (Å²) < 4.78 is 3.34. The number of tetrazole rings is 1. The van der Waals surface area contributed by atoms with E-state index in [1.54, 1.807) is 9.36 Å². The standard InChI is InChI=1S/C20H19N7OS/c1-14-8-10-17(11-9-14)26-18(12-15(2)23-26)21-19(28)13-29-20-22-24-25-27(20)16-6-4-3-5-7-16/h3-12H,13H2,1-2H3,(H,21,28). The highest BCUT2D eigenvalue weighted by molar-refractivity contribution is 7.99. The van der Waals surface area contributed by atoms with E-state index in [0.29, 0.717) is 11.0 Å². The highest BCUT2D eigenvalue weighted by atomic mass is 32.2. The first kappa shape index (κ1) is 18.9. The van der Waals surface area contributed by atoms with E-state index >= 15 is 0 Å². The topological polar surface area (TPSA) is 90.5 Å². The molecule has 29 heavy (non-hydrogen) atoms. The Bertz CT molecular complexity index is 1120. The molecule has 4 rings (SSSR count). The summed E-state index contributed by atoms with van der Waals surface area (Å²) in [5.41, 5.74) is 3.71. The van der Waals surface area contributed by atoms with E-state index in [1.165, 1.54) is 11.8 Å². The number of anilines is 1. The van der Waals surface area contributed by atoms with Crippen molar-refractivity contribution >= 4 is 23.5 Å². The van der Waals surface area contributed by atoms with Gasteiger partial charge in [0.15, 0.2) is 0 Å². The van der Waals surface area contributed by atoms with Gasteiger partial charge >= 0.3 is 0 Å².